The molecule has 2 saturated carbocycles. The summed E-state index contributed by atoms with van der Waals surface area (Å²) in [5, 5.41) is 0. The molecule has 0 aliphatic heterocycles. The molecule has 1 heteroatoms. The van der Waals surface area contributed by atoms with Crippen LogP contribution in [0.2, 0.25) is 6.32 Å². The van der Waals surface area contributed by atoms with Crippen LogP contribution in [0.15, 0.2) is 0 Å². The molecule has 0 aromatic carbocycles. The van der Waals surface area contributed by atoms with Crippen LogP contribution in [0.3, 0.4) is 0 Å². The summed E-state index contributed by atoms with van der Waals surface area (Å²) < 4.78 is 0. The molecule has 0 bridgehead atoms. The minimum atomic E-state index is 0.564. The summed E-state index contributed by atoms with van der Waals surface area (Å²) in [6, 6.07) is 0. The molecular formula is C13H23B. The third kappa shape index (κ3) is 1.27. The van der Waals surface area contributed by atoms with E-state index in [0.717, 1.165) is 18.2 Å². The van der Waals surface area contributed by atoms with E-state index < -0.39 is 0 Å². The zero-order valence-electron chi connectivity index (χ0n) is 9.97. The predicted octanol–water partition coefficient (Wildman–Crippen LogP) is 3.82. The fourth-order valence-corrected chi connectivity index (χ4v) is 4.34. The van der Waals surface area contributed by atoms with Gasteiger partial charge in [0.05, 0.1) is 7.85 Å². The molecule has 2 rings (SSSR count). The Labute approximate surface area is 90.3 Å². The largest absolute Gasteiger partial charge is 0.0882 e. The lowest BCUT2D eigenvalue weighted by Gasteiger charge is -2.36. The molecule has 0 saturated heterocycles. The second kappa shape index (κ2) is 3.28. The Hall–Kier alpha value is 0.0649. The van der Waals surface area contributed by atoms with E-state index in [1.165, 1.54) is 32.1 Å². The van der Waals surface area contributed by atoms with Gasteiger partial charge in [-0.05, 0) is 48.3 Å². The van der Waals surface area contributed by atoms with Gasteiger partial charge in [-0.3, -0.25) is 0 Å². The van der Waals surface area contributed by atoms with Crippen LogP contribution in [0.4, 0.5) is 0 Å². The quantitative estimate of drug-likeness (QED) is 0.580. The number of hydrogen-bond donors (Lipinski definition) is 0. The molecule has 2 aliphatic carbocycles. The summed E-state index contributed by atoms with van der Waals surface area (Å²) in [6.07, 6.45) is 7.86. The van der Waals surface area contributed by atoms with E-state index in [0.29, 0.717) is 10.8 Å². The summed E-state index contributed by atoms with van der Waals surface area (Å²) in [6.45, 7) is 7.46. The summed E-state index contributed by atoms with van der Waals surface area (Å²) >= 11 is 0. The van der Waals surface area contributed by atoms with Crippen molar-refractivity contribution >= 4 is 7.85 Å². The van der Waals surface area contributed by atoms with Crippen LogP contribution in [0, 0.1) is 22.7 Å². The molecule has 0 heterocycles. The van der Waals surface area contributed by atoms with Crippen LogP contribution < -0.4 is 0 Å². The van der Waals surface area contributed by atoms with Gasteiger partial charge in [-0.2, -0.15) is 0 Å². The summed E-state index contributed by atoms with van der Waals surface area (Å²) in [5.74, 6) is 1.89. The summed E-state index contributed by atoms with van der Waals surface area (Å²) in [4.78, 5) is 0. The Bertz CT molecular complexity index is 225. The van der Waals surface area contributed by atoms with Crippen molar-refractivity contribution < 1.29 is 0 Å². The van der Waals surface area contributed by atoms with Gasteiger partial charge in [0.2, 0.25) is 0 Å². The van der Waals surface area contributed by atoms with Gasteiger partial charge in [0.15, 0.2) is 0 Å². The molecule has 0 aromatic rings. The monoisotopic (exact) mass is 190 g/mol. The Kier molecular flexibility index (Phi) is 2.48. The topological polar surface area (TPSA) is 0 Å². The van der Waals surface area contributed by atoms with E-state index in [1.807, 2.05) is 0 Å². The normalized spacial score (nSPS) is 52.2. The summed E-state index contributed by atoms with van der Waals surface area (Å²) in [7, 11) is 5.75. The maximum Gasteiger partial charge on any atom is 0.0653 e. The molecule has 2 aliphatic rings. The highest BCUT2D eigenvalue weighted by Gasteiger charge is 2.56. The zero-order chi connectivity index (χ0) is 10.4. The van der Waals surface area contributed by atoms with Crippen molar-refractivity contribution in [3.05, 3.63) is 0 Å². The van der Waals surface area contributed by atoms with Crippen molar-refractivity contribution in [1.82, 2.24) is 0 Å². The van der Waals surface area contributed by atoms with Crippen molar-refractivity contribution in [2.75, 3.05) is 0 Å². The second-order valence-corrected chi connectivity index (χ2v) is 6.23. The average molecular weight is 190 g/mol. The Balaban J connectivity index is 2.20. The fourth-order valence-electron chi connectivity index (χ4n) is 4.34. The van der Waals surface area contributed by atoms with Crippen molar-refractivity contribution in [3.63, 3.8) is 0 Å². The lowest BCUT2D eigenvalue weighted by atomic mass is 9.67. The number of fused-ring (bicyclic) bond motifs is 1. The van der Waals surface area contributed by atoms with Crippen LogP contribution in [0.5, 0.6) is 0 Å². The zero-order valence-corrected chi connectivity index (χ0v) is 9.97. The van der Waals surface area contributed by atoms with Crippen LogP contribution in [0.1, 0.15) is 52.9 Å². The third-order valence-electron chi connectivity index (χ3n) is 5.60. The Morgan fingerprint density at radius 3 is 2.57 bits per heavy atom. The third-order valence-corrected chi connectivity index (χ3v) is 5.60. The van der Waals surface area contributed by atoms with E-state index in [9.17, 15) is 0 Å². The van der Waals surface area contributed by atoms with Crippen molar-refractivity contribution in [3.8, 4) is 0 Å². The van der Waals surface area contributed by atoms with Crippen LogP contribution in [0.25, 0.3) is 0 Å². The van der Waals surface area contributed by atoms with Crippen molar-refractivity contribution in [1.29, 1.82) is 0 Å². The van der Waals surface area contributed by atoms with Crippen LogP contribution >= 0.6 is 0 Å². The average Bonchev–Trinajstić information content (AvgIpc) is 2.54. The SMILES string of the molecule is [B]CCC1(C)CCC2(C)C(C)CCC12. The molecule has 0 nitrogen and oxygen atoms in total. The van der Waals surface area contributed by atoms with Gasteiger partial charge in [-0.1, -0.05) is 33.5 Å². The molecule has 78 valence electrons. The Morgan fingerprint density at radius 1 is 1.21 bits per heavy atom. The minimum Gasteiger partial charge on any atom is -0.0882 e. The van der Waals surface area contributed by atoms with Gasteiger partial charge in [0, 0.05) is 0 Å². The molecule has 4 atom stereocenters. The van der Waals surface area contributed by atoms with E-state index >= 15 is 0 Å². The molecule has 4 unspecified atom stereocenters. The maximum atomic E-state index is 5.75. The first-order valence-electron chi connectivity index (χ1n) is 6.23. The molecule has 0 N–H and O–H groups in total. The van der Waals surface area contributed by atoms with E-state index in [-0.39, 0.29) is 0 Å². The molecule has 0 spiro atoms. The number of rotatable bonds is 2. The molecule has 2 fully saturated rings. The smallest absolute Gasteiger partial charge is 0.0653 e. The lowest BCUT2D eigenvalue weighted by Crippen LogP contribution is -2.29. The van der Waals surface area contributed by atoms with E-state index in [2.05, 4.69) is 20.8 Å². The first kappa shape index (κ1) is 10.6. The molecule has 2 radical (unpaired) electrons. The van der Waals surface area contributed by atoms with Gasteiger partial charge in [-0.15, -0.1) is 0 Å². The minimum absolute atomic E-state index is 0.564. The highest BCUT2D eigenvalue weighted by Crippen LogP contribution is 2.65. The molecule has 14 heavy (non-hydrogen) atoms. The lowest BCUT2D eigenvalue weighted by molar-refractivity contribution is 0.130. The molecular weight excluding hydrogens is 167 g/mol. The van der Waals surface area contributed by atoms with Gasteiger partial charge in [0.25, 0.3) is 0 Å². The van der Waals surface area contributed by atoms with Crippen LogP contribution in [-0.2, 0) is 0 Å². The second-order valence-electron chi connectivity index (χ2n) is 6.23. The predicted molar refractivity (Wildman–Crippen MR) is 62.5 cm³/mol. The van der Waals surface area contributed by atoms with Crippen molar-refractivity contribution in [2.24, 2.45) is 22.7 Å². The molecule has 0 amide bonds. The first-order chi connectivity index (χ1) is 6.53. The fraction of sp³-hybridized carbons (Fsp3) is 1.00. The van der Waals surface area contributed by atoms with E-state index in [4.69, 9.17) is 7.85 Å². The maximum absolute atomic E-state index is 5.75. The summed E-state index contributed by atoms with van der Waals surface area (Å²) in [5.41, 5.74) is 1.21. The number of hydrogen-bond acceptors (Lipinski definition) is 0. The van der Waals surface area contributed by atoms with Gasteiger partial charge in [0.1, 0.15) is 0 Å². The van der Waals surface area contributed by atoms with Crippen molar-refractivity contribution in [2.45, 2.75) is 59.2 Å². The van der Waals surface area contributed by atoms with E-state index in [1.54, 1.807) is 0 Å². The Morgan fingerprint density at radius 2 is 1.93 bits per heavy atom. The van der Waals surface area contributed by atoms with Gasteiger partial charge < -0.3 is 0 Å². The molecule has 0 aromatic heterocycles. The first-order valence-corrected chi connectivity index (χ1v) is 6.23. The van der Waals surface area contributed by atoms with Gasteiger partial charge in [-0.25, -0.2) is 0 Å². The standard InChI is InChI=1S/C13H23B/c1-10-4-5-11-12(2,8-9-14)6-7-13(10,11)3/h10-11H,4-9H2,1-3H3. The highest BCUT2D eigenvalue weighted by atomic mass is 14.6. The highest BCUT2D eigenvalue weighted by molar-refractivity contribution is 6.08. The van der Waals surface area contributed by atoms with Gasteiger partial charge >= 0.3 is 0 Å². The van der Waals surface area contributed by atoms with Crippen LogP contribution in [-0.4, -0.2) is 7.85 Å².